The molecule has 0 saturated carbocycles. The first kappa shape index (κ1) is 17.1. The van der Waals surface area contributed by atoms with Gasteiger partial charge in [-0.1, -0.05) is 42.5 Å². The molecule has 5 nitrogen and oxygen atoms in total. The second-order valence-electron chi connectivity index (χ2n) is 5.74. The van der Waals surface area contributed by atoms with Crippen LogP contribution >= 0.6 is 11.5 Å². The lowest BCUT2D eigenvalue weighted by Crippen LogP contribution is -2.30. The zero-order valence-electron chi connectivity index (χ0n) is 14.3. The van der Waals surface area contributed by atoms with Gasteiger partial charge in [0.15, 0.2) is 11.9 Å². The third kappa shape index (κ3) is 4.03. The number of hydrogen-bond donors (Lipinski definition) is 1. The van der Waals surface area contributed by atoms with Crippen LogP contribution in [-0.4, -0.2) is 21.4 Å². The van der Waals surface area contributed by atoms with Crippen LogP contribution in [0.25, 0.3) is 11.4 Å². The molecule has 0 unspecified atom stereocenters. The number of benzene rings is 2. The van der Waals surface area contributed by atoms with E-state index in [1.54, 1.807) is 6.92 Å². The summed E-state index contributed by atoms with van der Waals surface area (Å²) in [6, 6.07) is 15.4. The molecular weight excluding hydrogens is 334 g/mol. The predicted octanol–water partition coefficient (Wildman–Crippen LogP) is 4.23. The van der Waals surface area contributed by atoms with Crippen molar-refractivity contribution in [3.63, 3.8) is 0 Å². The molecule has 1 heterocycles. The average molecular weight is 353 g/mol. The van der Waals surface area contributed by atoms with Gasteiger partial charge in [0.2, 0.25) is 5.13 Å². The van der Waals surface area contributed by atoms with Crippen molar-refractivity contribution in [2.24, 2.45) is 0 Å². The van der Waals surface area contributed by atoms with E-state index >= 15 is 0 Å². The average Bonchev–Trinajstić information content (AvgIpc) is 3.08. The number of amides is 1. The highest BCUT2D eigenvalue weighted by Gasteiger charge is 2.18. The van der Waals surface area contributed by atoms with E-state index in [1.165, 1.54) is 0 Å². The van der Waals surface area contributed by atoms with Crippen molar-refractivity contribution in [3.05, 3.63) is 59.7 Å². The van der Waals surface area contributed by atoms with Gasteiger partial charge in [-0.15, -0.1) is 0 Å². The van der Waals surface area contributed by atoms with E-state index in [4.69, 9.17) is 4.74 Å². The molecule has 1 N–H and O–H groups in total. The van der Waals surface area contributed by atoms with Crippen molar-refractivity contribution in [2.75, 3.05) is 5.32 Å². The fourth-order valence-electron chi connectivity index (χ4n) is 2.28. The zero-order valence-corrected chi connectivity index (χ0v) is 15.1. The molecule has 1 aromatic heterocycles. The Bertz CT molecular complexity index is 877. The number of nitrogens with zero attached hydrogens (tertiary/aromatic N) is 2. The third-order valence-corrected chi connectivity index (χ3v) is 4.55. The number of carbonyl (C=O) groups excluding carboxylic acids is 1. The largest absolute Gasteiger partial charge is 0.481 e. The molecule has 0 aliphatic carbocycles. The summed E-state index contributed by atoms with van der Waals surface area (Å²) in [4.78, 5) is 16.7. The summed E-state index contributed by atoms with van der Waals surface area (Å²) in [6.45, 7) is 5.71. The lowest BCUT2D eigenvalue weighted by molar-refractivity contribution is -0.122. The highest BCUT2D eigenvalue weighted by molar-refractivity contribution is 7.10. The Labute approximate surface area is 150 Å². The maximum Gasteiger partial charge on any atom is 0.266 e. The van der Waals surface area contributed by atoms with Crippen LogP contribution in [0.15, 0.2) is 48.5 Å². The van der Waals surface area contributed by atoms with Gasteiger partial charge in [0.05, 0.1) is 0 Å². The summed E-state index contributed by atoms with van der Waals surface area (Å²) >= 11 is 1.15. The Hall–Kier alpha value is -2.73. The van der Waals surface area contributed by atoms with E-state index in [0.717, 1.165) is 28.2 Å². The highest BCUT2D eigenvalue weighted by atomic mass is 32.1. The van der Waals surface area contributed by atoms with E-state index < -0.39 is 6.10 Å². The maximum absolute atomic E-state index is 12.4. The van der Waals surface area contributed by atoms with E-state index in [2.05, 4.69) is 14.7 Å². The van der Waals surface area contributed by atoms with Gasteiger partial charge in [-0.3, -0.25) is 10.1 Å². The Morgan fingerprint density at radius 1 is 1.12 bits per heavy atom. The molecule has 3 aromatic rings. The van der Waals surface area contributed by atoms with Crippen molar-refractivity contribution >= 4 is 22.6 Å². The molecule has 0 bridgehead atoms. The molecule has 3 rings (SSSR count). The van der Waals surface area contributed by atoms with E-state index in [-0.39, 0.29) is 5.91 Å². The number of nitrogens with one attached hydrogen (secondary N) is 1. The highest BCUT2D eigenvalue weighted by Crippen LogP contribution is 2.23. The third-order valence-electron chi connectivity index (χ3n) is 3.92. The molecule has 0 aliphatic rings. The smallest absolute Gasteiger partial charge is 0.266 e. The molecular formula is C19H19N3O2S. The minimum absolute atomic E-state index is 0.253. The van der Waals surface area contributed by atoms with Crippen LogP contribution in [0.1, 0.15) is 18.1 Å². The number of rotatable bonds is 5. The quantitative estimate of drug-likeness (QED) is 0.745. The van der Waals surface area contributed by atoms with Crippen molar-refractivity contribution in [3.8, 4) is 17.1 Å². The van der Waals surface area contributed by atoms with Crippen molar-refractivity contribution in [1.29, 1.82) is 0 Å². The molecule has 0 spiro atoms. The molecule has 25 heavy (non-hydrogen) atoms. The second-order valence-corrected chi connectivity index (χ2v) is 6.49. The van der Waals surface area contributed by atoms with Crippen LogP contribution in [0.2, 0.25) is 0 Å². The molecule has 0 saturated heterocycles. The summed E-state index contributed by atoms with van der Waals surface area (Å²) in [7, 11) is 0. The van der Waals surface area contributed by atoms with Crippen LogP contribution in [0, 0.1) is 13.8 Å². The maximum atomic E-state index is 12.4. The van der Waals surface area contributed by atoms with Gasteiger partial charge in [0.25, 0.3) is 5.91 Å². The summed E-state index contributed by atoms with van der Waals surface area (Å²) < 4.78 is 10.1. The number of aromatic nitrogens is 2. The predicted molar refractivity (Wildman–Crippen MR) is 100.0 cm³/mol. The normalized spacial score (nSPS) is 11.8. The fourth-order valence-corrected chi connectivity index (χ4v) is 2.87. The molecule has 0 fully saturated rings. The van der Waals surface area contributed by atoms with Gasteiger partial charge in [-0.25, -0.2) is 0 Å². The topological polar surface area (TPSA) is 64.1 Å². The number of aryl methyl sites for hydroxylation is 1. The minimum Gasteiger partial charge on any atom is -0.481 e. The summed E-state index contributed by atoms with van der Waals surface area (Å²) in [6.07, 6.45) is -0.635. The van der Waals surface area contributed by atoms with Gasteiger partial charge in [0.1, 0.15) is 5.75 Å². The van der Waals surface area contributed by atoms with Crippen LogP contribution < -0.4 is 10.1 Å². The Morgan fingerprint density at radius 3 is 2.64 bits per heavy atom. The van der Waals surface area contributed by atoms with Crippen LogP contribution in [0.3, 0.4) is 0 Å². The van der Waals surface area contributed by atoms with Gasteiger partial charge in [-0.2, -0.15) is 9.36 Å². The number of carbonyl (C=O) groups is 1. The first-order valence-corrected chi connectivity index (χ1v) is 8.75. The number of hydrogen-bond acceptors (Lipinski definition) is 5. The summed E-state index contributed by atoms with van der Waals surface area (Å²) in [5.41, 5.74) is 3.07. The second kappa shape index (κ2) is 7.44. The molecule has 1 amide bonds. The monoisotopic (exact) mass is 353 g/mol. The van der Waals surface area contributed by atoms with Gasteiger partial charge in [-0.05, 0) is 38.0 Å². The van der Waals surface area contributed by atoms with Crippen molar-refractivity contribution < 1.29 is 9.53 Å². The van der Waals surface area contributed by atoms with E-state index in [0.29, 0.717) is 16.7 Å². The van der Waals surface area contributed by atoms with Crippen LogP contribution in [-0.2, 0) is 4.79 Å². The first-order valence-electron chi connectivity index (χ1n) is 7.97. The Balaban J connectivity index is 1.66. The summed E-state index contributed by atoms with van der Waals surface area (Å²) in [5, 5.41) is 3.23. The Kier molecular flexibility index (Phi) is 5.09. The molecule has 0 aliphatic heterocycles. The van der Waals surface area contributed by atoms with E-state index in [1.807, 2.05) is 62.4 Å². The number of anilines is 1. The molecule has 128 valence electrons. The lowest BCUT2D eigenvalue weighted by atomic mass is 10.1. The fraction of sp³-hybridized carbons (Fsp3) is 0.211. The zero-order chi connectivity index (χ0) is 17.8. The SMILES string of the molecule is Cc1cccc(O[C@H](C)C(=O)Nc2nc(-c3ccccc3)ns2)c1C. The van der Waals surface area contributed by atoms with Gasteiger partial charge in [0, 0.05) is 17.1 Å². The standard InChI is InChI=1S/C19H19N3O2S/c1-12-8-7-11-16(13(12)2)24-14(3)18(23)21-19-20-17(22-25-19)15-9-5-4-6-10-15/h4-11,14H,1-3H3,(H,20,21,22,23)/t14-/m1/s1. The molecule has 2 aromatic carbocycles. The van der Waals surface area contributed by atoms with Crippen LogP contribution in [0.4, 0.5) is 5.13 Å². The number of ether oxygens (including phenoxy) is 1. The van der Waals surface area contributed by atoms with Gasteiger partial charge < -0.3 is 4.74 Å². The minimum atomic E-state index is -0.635. The molecule has 0 radical (unpaired) electrons. The molecule has 6 heteroatoms. The van der Waals surface area contributed by atoms with Crippen molar-refractivity contribution in [1.82, 2.24) is 9.36 Å². The first-order chi connectivity index (χ1) is 12.0. The Morgan fingerprint density at radius 2 is 1.88 bits per heavy atom. The van der Waals surface area contributed by atoms with Crippen molar-refractivity contribution in [2.45, 2.75) is 26.9 Å². The van der Waals surface area contributed by atoms with Gasteiger partial charge >= 0.3 is 0 Å². The lowest BCUT2D eigenvalue weighted by Gasteiger charge is -2.16. The molecule has 1 atom stereocenters. The van der Waals surface area contributed by atoms with E-state index in [9.17, 15) is 4.79 Å². The summed E-state index contributed by atoms with van der Waals surface area (Å²) in [5.74, 6) is 1.06. The van der Waals surface area contributed by atoms with Crippen LogP contribution in [0.5, 0.6) is 5.75 Å².